The van der Waals surface area contributed by atoms with Crippen LogP contribution in [0.3, 0.4) is 0 Å². The van der Waals surface area contributed by atoms with Crippen LogP contribution in [0.15, 0.2) is 80.0 Å². The van der Waals surface area contributed by atoms with Crippen LogP contribution in [-0.2, 0) is 0 Å². The molecule has 4 aromatic rings. The summed E-state index contributed by atoms with van der Waals surface area (Å²) < 4.78 is 7.71. The summed E-state index contributed by atoms with van der Waals surface area (Å²) in [6.07, 6.45) is 11.9. The Morgan fingerprint density at radius 3 is 2.57 bits per heavy atom. The van der Waals surface area contributed by atoms with Crippen LogP contribution < -0.4 is 4.74 Å². The van der Waals surface area contributed by atoms with Gasteiger partial charge in [-0.15, -0.1) is 0 Å². The number of benzene rings is 2. The molecule has 7 heteroatoms. The largest absolute Gasteiger partial charge is 0.515 e. The molecule has 7 nitrogen and oxygen atoms in total. The monoisotopic (exact) mass is 491 g/mol. The van der Waals surface area contributed by atoms with Crippen molar-refractivity contribution in [2.75, 3.05) is 26.2 Å². The summed E-state index contributed by atoms with van der Waals surface area (Å²) in [5.41, 5.74) is 5.88. The maximum absolute atomic E-state index is 9.56. The molecule has 0 unspecified atom stereocenters. The normalized spacial score (nSPS) is 14.4. The number of nitrogens with zero attached hydrogens (tertiary/aromatic N) is 5. The van der Waals surface area contributed by atoms with Crippen LogP contribution in [0.5, 0.6) is 5.75 Å². The van der Waals surface area contributed by atoms with Crippen molar-refractivity contribution in [1.82, 2.24) is 19.5 Å². The molecule has 3 heterocycles. The van der Waals surface area contributed by atoms with E-state index in [1.165, 1.54) is 38.4 Å². The summed E-state index contributed by atoms with van der Waals surface area (Å²) in [5, 5.41) is 23.6. The van der Waals surface area contributed by atoms with Gasteiger partial charge in [0.1, 0.15) is 12.4 Å². The third kappa shape index (κ3) is 5.25. The Balaban J connectivity index is 1.33. The number of hydrogen-bond acceptors (Lipinski definition) is 6. The second-order valence-corrected chi connectivity index (χ2v) is 9.10. The van der Waals surface area contributed by atoms with Crippen molar-refractivity contribution in [2.24, 2.45) is 0 Å². The highest BCUT2D eigenvalue weighted by Gasteiger charge is 2.14. The lowest BCUT2D eigenvalue weighted by Gasteiger charge is -2.26. The molecule has 2 aromatic carbocycles. The smallest absolute Gasteiger partial charge is 0.162 e. The summed E-state index contributed by atoms with van der Waals surface area (Å²) in [6.45, 7) is 7.74. The van der Waals surface area contributed by atoms with Gasteiger partial charge in [0.15, 0.2) is 5.65 Å². The van der Waals surface area contributed by atoms with Crippen LogP contribution in [0.4, 0.5) is 0 Å². The van der Waals surface area contributed by atoms with E-state index in [4.69, 9.17) is 4.74 Å². The Hall–Kier alpha value is -4.41. The van der Waals surface area contributed by atoms with E-state index in [2.05, 4.69) is 27.6 Å². The minimum atomic E-state index is 0.453. The Labute approximate surface area is 216 Å². The first-order valence-electron chi connectivity index (χ1n) is 12.5. The second-order valence-electron chi connectivity index (χ2n) is 9.10. The van der Waals surface area contributed by atoms with E-state index in [9.17, 15) is 10.4 Å². The Bertz CT molecular complexity index is 1470. The first-order chi connectivity index (χ1) is 18.2. The Morgan fingerprint density at radius 1 is 1.05 bits per heavy atom. The number of piperidine rings is 1. The molecule has 1 N–H and O–H groups in total. The fourth-order valence-corrected chi connectivity index (χ4v) is 4.73. The minimum absolute atomic E-state index is 0.453. The highest BCUT2D eigenvalue weighted by molar-refractivity contribution is 5.84. The van der Waals surface area contributed by atoms with E-state index >= 15 is 0 Å². The van der Waals surface area contributed by atoms with Gasteiger partial charge in [-0.3, -0.25) is 4.90 Å². The zero-order valence-electron chi connectivity index (χ0n) is 20.7. The van der Waals surface area contributed by atoms with Crippen molar-refractivity contribution in [2.45, 2.75) is 19.3 Å². The molecule has 0 spiro atoms. The van der Waals surface area contributed by atoms with Crippen molar-refractivity contribution in [3.05, 3.63) is 91.1 Å². The molecule has 5 rings (SSSR count). The number of nitriles is 1. The average molecular weight is 492 g/mol. The lowest BCUT2D eigenvalue weighted by Crippen LogP contribution is -2.33. The molecule has 186 valence electrons. The van der Waals surface area contributed by atoms with Crippen molar-refractivity contribution in [3.8, 4) is 34.1 Å². The van der Waals surface area contributed by atoms with Gasteiger partial charge in [-0.2, -0.15) is 10.4 Å². The van der Waals surface area contributed by atoms with Crippen LogP contribution in [0.25, 0.3) is 33.5 Å². The highest BCUT2D eigenvalue weighted by atomic mass is 16.5. The van der Waals surface area contributed by atoms with Crippen LogP contribution in [0, 0.1) is 11.3 Å². The van der Waals surface area contributed by atoms with Crippen molar-refractivity contribution in [3.63, 3.8) is 0 Å². The van der Waals surface area contributed by atoms with E-state index in [0.717, 1.165) is 40.8 Å². The molecule has 0 saturated carbocycles. The number of rotatable bonds is 8. The SMILES string of the molecule is C=C/C(=C\O)c1cc(-c2cnn3cc(-c4ccc(OCCN5CCCCC5)cc4)cnc23)ccc1C#N. The predicted octanol–water partition coefficient (Wildman–Crippen LogP) is 5.88. The van der Waals surface area contributed by atoms with Gasteiger partial charge in [-0.05, 0) is 61.3 Å². The molecule has 1 fully saturated rings. The van der Waals surface area contributed by atoms with Gasteiger partial charge in [-0.25, -0.2) is 9.50 Å². The molecular weight excluding hydrogens is 462 g/mol. The second kappa shape index (κ2) is 11.1. The third-order valence-electron chi connectivity index (χ3n) is 6.79. The van der Waals surface area contributed by atoms with Gasteiger partial charge in [-0.1, -0.05) is 37.3 Å². The number of aliphatic hydroxyl groups excluding tert-OH is 1. The molecule has 1 saturated heterocycles. The number of allylic oxidation sites excluding steroid dienone is 2. The number of aromatic nitrogens is 3. The topological polar surface area (TPSA) is 86.7 Å². The first kappa shape index (κ1) is 24.3. The standard InChI is InChI=1S/C30H29N5O2/c1-2-22(21-36)28-16-24(6-7-25(28)17-31)29-19-33-35-20-26(18-32-30(29)35)23-8-10-27(11-9-23)37-15-14-34-12-4-3-5-13-34/h2,6-11,16,18-21,36H,1,3-5,12-15H2/b22-21+. The molecule has 37 heavy (non-hydrogen) atoms. The number of likely N-dealkylation sites (tertiary alicyclic amines) is 1. The molecular formula is C30H29N5O2. The number of fused-ring (bicyclic) bond motifs is 1. The minimum Gasteiger partial charge on any atom is -0.515 e. The fraction of sp³-hybridized carbons (Fsp3) is 0.233. The molecule has 0 aliphatic carbocycles. The van der Waals surface area contributed by atoms with E-state index in [1.807, 2.05) is 48.8 Å². The van der Waals surface area contributed by atoms with Crippen LogP contribution in [0.2, 0.25) is 0 Å². The zero-order chi connectivity index (χ0) is 25.6. The Morgan fingerprint density at radius 2 is 1.84 bits per heavy atom. The number of hydrogen-bond donors (Lipinski definition) is 1. The highest BCUT2D eigenvalue weighted by Crippen LogP contribution is 2.30. The summed E-state index contributed by atoms with van der Waals surface area (Å²) in [4.78, 5) is 7.16. The lowest BCUT2D eigenvalue weighted by atomic mass is 9.96. The number of ether oxygens (including phenoxy) is 1. The lowest BCUT2D eigenvalue weighted by molar-refractivity contribution is 0.183. The molecule has 0 radical (unpaired) electrons. The average Bonchev–Trinajstić information content (AvgIpc) is 3.38. The molecule has 2 aromatic heterocycles. The maximum atomic E-state index is 9.56. The summed E-state index contributed by atoms with van der Waals surface area (Å²) in [5.74, 6) is 0.864. The van der Waals surface area contributed by atoms with Crippen molar-refractivity contribution >= 4 is 11.2 Å². The van der Waals surface area contributed by atoms with E-state index in [1.54, 1.807) is 16.8 Å². The summed E-state index contributed by atoms with van der Waals surface area (Å²) in [6, 6.07) is 15.7. The molecule has 1 aliphatic heterocycles. The fourth-order valence-electron chi connectivity index (χ4n) is 4.73. The first-order valence-corrected chi connectivity index (χ1v) is 12.5. The van der Waals surface area contributed by atoms with Crippen molar-refractivity contribution in [1.29, 1.82) is 5.26 Å². The zero-order valence-corrected chi connectivity index (χ0v) is 20.7. The molecule has 0 amide bonds. The van der Waals surface area contributed by atoms with E-state index in [0.29, 0.717) is 29.0 Å². The molecule has 1 aliphatic rings. The predicted molar refractivity (Wildman–Crippen MR) is 145 cm³/mol. The molecule has 0 atom stereocenters. The Kier molecular flexibility index (Phi) is 7.29. The number of aliphatic hydroxyl groups is 1. The van der Waals surface area contributed by atoms with Gasteiger partial charge in [0, 0.05) is 41.2 Å². The molecule has 0 bridgehead atoms. The van der Waals surface area contributed by atoms with Gasteiger partial charge < -0.3 is 9.84 Å². The van der Waals surface area contributed by atoms with Gasteiger partial charge in [0.05, 0.1) is 24.1 Å². The van der Waals surface area contributed by atoms with Crippen molar-refractivity contribution < 1.29 is 9.84 Å². The van der Waals surface area contributed by atoms with Crippen LogP contribution >= 0.6 is 0 Å². The van der Waals surface area contributed by atoms with E-state index in [-0.39, 0.29) is 0 Å². The quantitative estimate of drug-likeness (QED) is 0.244. The summed E-state index contributed by atoms with van der Waals surface area (Å²) in [7, 11) is 0. The van der Waals surface area contributed by atoms with Crippen LogP contribution in [-0.4, -0.2) is 50.8 Å². The van der Waals surface area contributed by atoms with Crippen LogP contribution in [0.1, 0.15) is 30.4 Å². The summed E-state index contributed by atoms with van der Waals surface area (Å²) >= 11 is 0. The van der Waals surface area contributed by atoms with E-state index < -0.39 is 0 Å². The maximum Gasteiger partial charge on any atom is 0.162 e. The van der Waals surface area contributed by atoms with Gasteiger partial charge >= 0.3 is 0 Å². The third-order valence-corrected chi connectivity index (χ3v) is 6.79. The van der Waals surface area contributed by atoms with Gasteiger partial charge in [0.2, 0.25) is 0 Å². The van der Waals surface area contributed by atoms with Gasteiger partial charge in [0.25, 0.3) is 0 Å².